The molecule has 0 fully saturated rings. The second-order valence-electron chi connectivity index (χ2n) is 4.78. The van der Waals surface area contributed by atoms with Crippen LogP contribution < -0.4 is 5.32 Å². The highest BCUT2D eigenvalue weighted by atomic mass is 16.6. The van der Waals surface area contributed by atoms with Crippen molar-refractivity contribution in [2.24, 2.45) is 0 Å². The number of hydrogen-bond acceptors (Lipinski definition) is 4. The second-order valence-corrected chi connectivity index (χ2v) is 4.78. The summed E-state index contributed by atoms with van der Waals surface area (Å²) >= 11 is 0. The number of para-hydroxylation sites is 1. The predicted octanol–water partition coefficient (Wildman–Crippen LogP) is 2.43. The number of nitrogens with zero attached hydrogens (tertiary/aromatic N) is 1. The summed E-state index contributed by atoms with van der Waals surface area (Å²) in [5.41, 5.74) is -0.322. The summed E-state index contributed by atoms with van der Waals surface area (Å²) in [6.07, 6.45) is 2.78. The van der Waals surface area contributed by atoms with Gasteiger partial charge < -0.3 is 10.4 Å². The Balaban J connectivity index is 2.34. The van der Waals surface area contributed by atoms with Crippen molar-refractivity contribution >= 4 is 11.7 Å². The van der Waals surface area contributed by atoms with Gasteiger partial charge >= 0.3 is 5.97 Å². The molecule has 1 aliphatic rings. The Morgan fingerprint density at radius 1 is 1.40 bits per heavy atom. The van der Waals surface area contributed by atoms with Crippen molar-refractivity contribution in [1.82, 2.24) is 0 Å². The lowest BCUT2D eigenvalue weighted by Crippen LogP contribution is -2.41. The standard InChI is InChI=1S/C14H14N2O4/c1-14(15-10-5-3-2-4-6-10)8-7-11(16(19)20)9-12(14)13(17)18/h2-7,9,15H,8H2,1H3,(H,17,18). The lowest BCUT2D eigenvalue weighted by molar-refractivity contribution is -0.419. The highest BCUT2D eigenvalue weighted by Gasteiger charge is 2.37. The number of allylic oxidation sites excluding steroid dienone is 1. The summed E-state index contributed by atoms with van der Waals surface area (Å²) in [5, 5.41) is 23.2. The van der Waals surface area contributed by atoms with Crippen LogP contribution in [0.4, 0.5) is 5.69 Å². The Labute approximate surface area is 115 Å². The molecule has 0 aromatic heterocycles. The number of carboxylic acids is 1. The third-order valence-electron chi connectivity index (χ3n) is 3.24. The number of rotatable bonds is 4. The molecule has 1 unspecified atom stereocenters. The molecule has 0 aliphatic heterocycles. The minimum Gasteiger partial charge on any atom is -0.478 e. The van der Waals surface area contributed by atoms with E-state index in [9.17, 15) is 20.0 Å². The molecule has 0 saturated carbocycles. The Hall–Kier alpha value is -2.63. The van der Waals surface area contributed by atoms with Crippen LogP contribution in [-0.2, 0) is 4.79 Å². The van der Waals surface area contributed by atoms with Crippen LogP contribution in [0.25, 0.3) is 0 Å². The number of nitro groups is 1. The van der Waals surface area contributed by atoms with Crippen molar-refractivity contribution < 1.29 is 14.8 Å². The number of nitrogens with one attached hydrogen (secondary N) is 1. The van der Waals surface area contributed by atoms with Gasteiger partial charge in [-0.2, -0.15) is 0 Å². The smallest absolute Gasteiger partial charge is 0.334 e. The molecule has 0 amide bonds. The van der Waals surface area contributed by atoms with Crippen molar-refractivity contribution in [1.29, 1.82) is 0 Å². The molecule has 2 N–H and O–H groups in total. The van der Waals surface area contributed by atoms with Crippen molar-refractivity contribution in [2.45, 2.75) is 18.9 Å². The fourth-order valence-electron chi connectivity index (χ4n) is 2.17. The van der Waals surface area contributed by atoms with Gasteiger partial charge in [-0.25, -0.2) is 4.79 Å². The molecule has 0 bridgehead atoms. The maximum atomic E-state index is 11.4. The summed E-state index contributed by atoms with van der Waals surface area (Å²) in [5.74, 6) is -1.16. The molecular formula is C14H14N2O4. The van der Waals surface area contributed by atoms with E-state index in [-0.39, 0.29) is 17.7 Å². The number of benzene rings is 1. The maximum absolute atomic E-state index is 11.4. The van der Waals surface area contributed by atoms with E-state index in [1.165, 1.54) is 6.08 Å². The quantitative estimate of drug-likeness (QED) is 0.649. The number of carboxylic acid groups (broad SMARTS) is 1. The molecule has 0 radical (unpaired) electrons. The van der Waals surface area contributed by atoms with Gasteiger partial charge in [-0.05, 0) is 31.6 Å². The van der Waals surface area contributed by atoms with Gasteiger partial charge in [-0.1, -0.05) is 18.2 Å². The van der Waals surface area contributed by atoms with Gasteiger partial charge in [0.2, 0.25) is 0 Å². The van der Waals surface area contributed by atoms with E-state index in [0.717, 1.165) is 11.8 Å². The lowest BCUT2D eigenvalue weighted by Gasteiger charge is -2.33. The van der Waals surface area contributed by atoms with Gasteiger partial charge in [0.15, 0.2) is 0 Å². The van der Waals surface area contributed by atoms with Crippen molar-refractivity contribution in [3.63, 3.8) is 0 Å². The fraction of sp³-hybridized carbons (Fsp3) is 0.214. The molecular weight excluding hydrogens is 260 g/mol. The minimum atomic E-state index is -1.16. The first kappa shape index (κ1) is 13.8. The van der Waals surface area contributed by atoms with Gasteiger partial charge in [-0.3, -0.25) is 10.1 Å². The molecule has 1 aliphatic carbocycles. The molecule has 0 heterocycles. The van der Waals surface area contributed by atoms with Crippen LogP contribution in [-0.4, -0.2) is 21.5 Å². The predicted molar refractivity (Wildman–Crippen MR) is 73.9 cm³/mol. The second kappa shape index (κ2) is 5.16. The Morgan fingerprint density at radius 3 is 2.60 bits per heavy atom. The average molecular weight is 274 g/mol. The normalized spacial score (nSPS) is 21.6. The fourth-order valence-corrected chi connectivity index (χ4v) is 2.17. The molecule has 1 aromatic carbocycles. The van der Waals surface area contributed by atoms with E-state index in [0.29, 0.717) is 0 Å². The van der Waals surface area contributed by atoms with Crippen molar-refractivity contribution in [3.8, 4) is 0 Å². The number of anilines is 1. The molecule has 0 spiro atoms. The summed E-state index contributed by atoms with van der Waals surface area (Å²) < 4.78 is 0. The number of aliphatic carboxylic acids is 1. The molecule has 1 atom stereocenters. The highest BCUT2D eigenvalue weighted by Crippen LogP contribution is 2.32. The molecule has 1 aromatic rings. The summed E-state index contributed by atoms with van der Waals surface area (Å²) in [6, 6.07) is 9.15. The van der Waals surface area contributed by atoms with Crippen LogP contribution >= 0.6 is 0 Å². The Morgan fingerprint density at radius 2 is 2.05 bits per heavy atom. The first-order valence-electron chi connectivity index (χ1n) is 6.05. The van der Waals surface area contributed by atoms with Gasteiger partial charge in [-0.15, -0.1) is 0 Å². The Bertz CT molecular complexity index is 607. The zero-order valence-electron chi connectivity index (χ0n) is 10.9. The van der Waals surface area contributed by atoms with Crippen LogP contribution in [0.15, 0.2) is 53.8 Å². The van der Waals surface area contributed by atoms with E-state index >= 15 is 0 Å². The Kier molecular flexibility index (Phi) is 3.56. The minimum absolute atomic E-state index is 0.0180. The van der Waals surface area contributed by atoms with Crippen LogP contribution in [0.3, 0.4) is 0 Å². The van der Waals surface area contributed by atoms with Gasteiger partial charge in [0.05, 0.1) is 16.0 Å². The summed E-state index contributed by atoms with van der Waals surface area (Å²) in [4.78, 5) is 21.6. The topological polar surface area (TPSA) is 92.5 Å². The molecule has 20 heavy (non-hydrogen) atoms. The van der Waals surface area contributed by atoms with Crippen molar-refractivity contribution in [2.75, 3.05) is 5.32 Å². The monoisotopic (exact) mass is 274 g/mol. The lowest BCUT2D eigenvalue weighted by atomic mass is 9.83. The van der Waals surface area contributed by atoms with E-state index < -0.39 is 16.4 Å². The van der Waals surface area contributed by atoms with E-state index in [1.807, 2.05) is 30.3 Å². The molecule has 0 saturated heterocycles. The summed E-state index contributed by atoms with van der Waals surface area (Å²) in [7, 11) is 0. The van der Waals surface area contributed by atoms with Gasteiger partial charge in [0.1, 0.15) is 0 Å². The molecule has 2 rings (SSSR count). The van der Waals surface area contributed by atoms with Crippen LogP contribution in [0, 0.1) is 10.1 Å². The van der Waals surface area contributed by atoms with E-state index in [1.54, 1.807) is 6.92 Å². The maximum Gasteiger partial charge on any atom is 0.334 e. The van der Waals surface area contributed by atoms with Gasteiger partial charge in [0.25, 0.3) is 5.70 Å². The van der Waals surface area contributed by atoms with E-state index in [2.05, 4.69) is 5.32 Å². The number of carbonyl (C=O) groups is 1. The highest BCUT2D eigenvalue weighted by molar-refractivity contribution is 5.91. The van der Waals surface area contributed by atoms with Crippen LogP contribution in [0.2, 0.25) is 0 Å². The SMILES string of the molecule is CC1(Nc2ccccc2)CC=C([N+](=O)[O-])C=C1C(=O)O. The molecule has 6 heteroatoms. The zero-order chi connectivity index (χ0) is 14.8. The number of hydrogen-bond donors (Lipinski definition) is 2. The van der Waals surface area contributed by atoms with Crippen LogP contribution in [0.1, 0.15) is 13.3 Å². The largest absolute Gasteiger partial charge is 0.478 e. The third-order valence-corrected chi connectivity index (χ3v) is 3.24. The van der Waals surface area contributed by atoms with Crippen LogP contribution in [0.5, 0.6) is 0 Å². The average Bonchev–Trinajstić information content (AvgIpc) is 2.39. The van der Waals surface area contributed by atoms with Gasteiger partial charge in [0, 0.05) is 11.8 Å². The van der Waals surface area contributed by atoms with Crippen molar-refractivity contribution in [3.05, 3.63) is 63.9 Å². The molecule has 104 valence electrons. The van der Waals surface area contributed by atoms with E-state index in [4.69, 9.17) is 0 Å². The zero-order valence-corrected chi connectivity index (χ0v) is 10.9. The first-order valence-corrected chi connectivity index (χ1v) is 6.05. The first-order chi connectivity index (χ1) is 9.42. The summed E-state index contributed by atoms with van der Waals surface area (Å²) in [6.45, 7) is 1.72. The molecule has 6 nitrogen and oxygen atoms in total. The third kappa shape index (κ3) is 2.69.